The molecule has 0 saturated carbocycles. The van der Waals surface area contributed by atoms with Crippen molar-refractivity contribution in [2.75, 3.05) is 5.01 Å². The summed E-state index contributed by atoms with van der Waals surface area (Å²) in [7, 11) is 0. The smallest absolute Gasteiger partial charge is 0.399 e. The number of furan rings is 1. The molecule has 26 heavy (non-hydrogen) atoms. The summed E-state index contributed by atoms with van der Waals surface area (Å²) >= 11 is 0. The largest absolute Gasteiger partial charge is 0.433 e. The highest BCUT2D eigenvalue weighted by Crippen LogP contribution is 2.44. The number of nitro groups is 1. The van der Waals surface area contributed by atoms with Crippen molar-refractivity contribution in [2.24, 2.45) is 5.10 Å². The van der Waals surface area contributed by atoms with Gasteiger partial charge in [-0.15, -0.1) is 0 Å². The second-order valence-electron chi connectivity index (χ2n) is 7.31. The first-order valence-electron chi connectivity index (χ1n) is 8.31. The van der Waals surface area contributed by atoms with Crippen molar-refractivity contribution in [1.29, 1.82) is 0 Å². The standard InChI is InChI=1S/C18H18N4O4/c1-17(2)11-18(16(23)19-17)10-13(14-8-9-15(26-14)22(24)25)20-21(18)12-6-4-3-5-7-12/h3-9H,10-11H2,1-2H3,(H,19,23)/t18-/m0/s1. The van der Waals surface area contributed by atoms with E-state index in [1.54, 1.807) is 5.01 Å². The molecule has 0 radical (unpaired) electrons. The molecule has 8 nitrogen and oxygen atoms in total. The van der Waals surface area contributed by atoms with E-state index in [0.29, 0.717) is 24.3 Å². The number of nitrogens with one attached hydrogen (secondary N) is 1. The molecular weight excluding hydrogens is 336 g/mol. The van der Waals surface area contributed by atoms with E-state index in [9.17, 15) is 14.9 Å². The Morgan fingerprint density at radius 1 is 1.23 bits per heavy atom. The topological polar surface area (TPSA) is 101 Å². The summed E-state index contributed by atoms with van der Waals surface area (Å²) in [6.45, 7) is 3.94. The van der Waals surface area contributed by atoms with Gasteiger partial charge in [0.05, 0.1) is 11.8 Å². The number of hydrazone groups is 1. The number of carbonyl (C=O) groups is 1. The minimum Gasteiger partial charge on any atom is -0.399 e. The fraction of sp³-hybridized carbons (Fsp3) is 0.333. The van der Waals surface area contributed by atoms with E-state index in [0.717, 1.165) is 5.69 Å². The van der Waals surface area contributed by atoms with Gasteiger partial charge < -0.3 is 9.73 Å². The van der Waals surface area contributed by atoms with E-state index in [1.165, 1.54) is 12.1 Å². The van der Waals surface area contributed by atoms with Crippen molar-refractivity contribution in [3.8, 4) is 0 Å². The molecule has 1 aromatic heterocycles. The summed E-state index contributed by atoms with van der Waals surface area (Å²) < 4.78 is 5.31. The van der Waals surface area contributed by atoms with Gasteiger partial charge in [-0.05, 0) is 32.0 Å². The van der Waals surface area contributed by atoms with Crippen LogP contribution < -0.4 is 10.3 Å². The van der Waals surface area contributed by atoms with Gasteiger partial charge in [0.2, 0.25) is 5.91 Å². The van der Waals surface area contributed by atoms with E-state index in [4.69, 9.17) is 4.42 Å². The molecule has 1 N–H and O–H groups in total. The lowest BCUT2D eigenvalue weighted by Crippen LogP contribution is -2.49. The molecule has 3 heterocycles. The van der Waals surface area contributed by atoms with Crippen LogP contribution in [0.1, 0.15) is 32.4 Å². The van der Waals surface area contributed by atoms with Crippen LogP contribution in [0.3, 0.4) is 0 Å². The second kappa shape index (κ2) is 5.42. The quantitative estimate of drug-likeness (QED) is 0.675. The van der Waals surface area contributed by atoms with Crippen LogP contribution in [0, 0.1) is 10.1 Å². The summed E-state index contributed by atoms with van der Waals surface area (Å²) in [5.41, 5.74) is 0.0673. The summed E-state index contributed by atoms with van der Waals surface area (Å²) in [4.78, 5) is 23.2. The number of benzene rings is 1. The number of rotatable bonds is 3. The van der Waals surface area contributed by atoms with Gasteiger partial charge in [0.25, 0.3) is 0 Å². The van der Waals surface area contributed by atoms with E-state index in [-0.39, 0.29) is 17.3 Å². The third kappa shape index (κ3) is 2.45. The van der Waals surface area contributed by atoms with Gasteiger partial charge in [0.15, 0.2) is 5.76 Å². The molecule has 1 aromatic carbocycles. The summed E-state index contributed by atoms with van der Waals surface area (Å²) in [6, 6.07) is 12.3. The van der Waals surface area contributed by atoms with E-state index >= 15 is 0 Å². The molecule has 4 rings (SSSR count). The number of nitrogens with zero attached hydrogens (tertiary/aromatic N) is 3. The van der Waals surface area contributed by atoms with Crippen LogP contribution in [0.15, 0.2) is 52.0 Å². The van der Waals surface area contributed by atoms with Crippen LogP contribution in [0.5, 0.6) is 0 Å². The van der Waals surface area contributed by atoms with Crippen LogP contribution in [0.4, 0.5) is 11.6 Å². The van der Waals surface area contributed by atoms with Crippen LogP contribution in [-0.2, 0) is 4.79 Å². The molecule has 1 saturated heterocycles. The predicted molar refractivity (Wildman–Crippen MR) is 95.0 cm³/mol. The van der Waals surface area contributed by atoms with Crippen molar-refractivity contribution in [1.82, 2.24) is 5.32 Å². The van der Waals surface area contributed by atoms with Crippen LogP contribution in [0.2, 0.25) is 0 Å². The van der Waals surface area contributed by atoms with Gasteiger partial charge in [-0.1, -0.05) is 18.2 Å². The van der Waals surface area contributed by atoms with Gasteiger partial charge in [0.1, 0.15) is 16.2 Å². The van der Waals surface area contributed by atoms with Gasteiger partial charge in [-0.3, -0.25) is 14.9 Å². The molecule has 1 fully saturated rings. The zero-order valence-corrected chi connectivity index (χ0v) is 14.4. The monoisotopic (exact) mass is 354 g/mol. The summed E-state index contributed by atoms with van der Waals surface area (Å²) in [5.74, 6) is -0.135. The number of amides is 1. The van der Waals surface area contributed by atoms with Crippen molar-refractivity contribution in [2.45, 2.75) is 37.8 Å². The fourth-order valence-electron chi connectivity index (χ4n) is 3.79. The molecule has 0 unspecified atom stereocenters. The number of carbonyl (C=O) groups excluding carboxylic acids is 1. The van der Waals surface area contributed by atoms with E-state index in [2.05, 4.69) is 10.4 Å². The molecule has 0 bridgehead atoms. The molecule has 1 spiro atoms. The van der Waals surface area contributed by atoms with Crippen molar-refractivity contribution in [3.05, 3.63) is 58.3 Å². The maximum Gasteiger partial charge on any atom is 0.433 e. The molecule has 2 aliphatic heterocycles. The lowest BCUT2D eigenvalue weighted by molar-refractivity contribution is -0.402. The number of anilines is 1. The number of hydrogen-bond acceptors (Lipinski definition) is 6. The minimum atomic E-state index is -0.873. The zero-order chi connectivity index (χ0) is 18.5. The van der Waals surface area contributed by atoms with Gasteiger partial charge in [-0.2, -0.15) is 5.10 Å². The Hall–Kier alpha value is -3.16. The molecular formula is C18H18N4O4. The predicted octanol–water partition coefficient (Wildman–Crippen LogP) is 2.84. The number of para-hydroxylation sites is 1. The fourth-order valence-corrected chi connectivity index (χ4v) is 3.79. The average molecular weight is 354 g/mol. The highest BCUT2D eigenvalue weighted by atomic mass is 16.6. The van der Waals surface area contributed by atoms with Gasteiger partial charge in [0, 0.05) is 18.4 Å². The Morgan fingerprint density at radius 3 is 2.54 bits per heavy atom. The lowest BCUT2D eigenvalue weighted by atomic mass is 9.85. The summed E-state index contributed by atoms with van der Waals surface area (Å²) in [6.07, 6.45) is 0.880. The number of hydrogen-bond donors (Lipinski definition) is 1. The Bertz CT molecular complexity index is 918. The molecule has 1 amide bonds. The van der Waals surface area contributed by atoms with Crippen LogP contribution in [0.25, 0.3) is 0 Å². The Kier molecular flexibility index (Phi) is 3.40. The minimum absolute atomic E-state index is 0.105. The highest BCUT2D eigenvalue weighted by Gasteiger charge is 2.58. The van der Waals surface area contributed by atoms with Gasteiger partial charge in [-0.25, -0.2) is 5.01 Å². The van der Waals surface area contributed by atoms with Crippen molar-refractivity contribution >= 4 is 23.2 Å². The molecule has 2 aliphatic rings. The lowest BCUT2D eigenvalue weighted by Gasteiger charge is -2.32. The van der Waals surface area contributed by atoms with Crippen molar-refractivity contribution in [3.63, 3.8) is 0 Å². The van der Waals surface area contributed by atoms with Crippen LogP contribution in [-0.4, -0.2) is 27.6 Å². The molecule has 1 atom stereocenters. The third-order valence-corrected chi connectivity index (χ3v) is 4.75. The Morgan fingerprint density at radius 2 is 1.96 bits per heavy atom. The second-order valence-corrected chi connectivity index (χ2v) is 7.31. The van der Waals surface area contributed by atoms with E-state index < -0.39 is 10.5 Å². The molecule has 8 heteroatoms. The summed E-state index contributed by atoms with van der Waals surface area (Å²) in [5, 5.41) is 20.3. The molecule has 2 aromatic rings. The highest BCUT2D eigenvalue weighted by molar-refractivity contribution is 6.08. The normalized spacial score (nSPS) is 24.0. The van der Waals surface area contributed by atoms with E-state index in [1.807, 2.05) is 44.2 Å². The van der Waals surface area contributed by atoms with Crippen molar-refractivity contribution < 1.29 is 14.1 Å². The SMILES string of the molecule is CC1(C)C[C@@]2(CC(c3ccc([N+](=O)[O-])o3)=NN2c2ccccc2)C(=O)N1. The molecule has 134 valence electrons. The first kappa shape index (κ1) is 16.3. The van der Waals surface area contributed by atoms with Gasteiger partial charge >= 0.3 is 5.88 Å². The molecule has 0 aliphatic carbocycles. The van der Waals surface area contributed by atoms with Crippen LogP contribution >= 0.6 is 0 Å². The Balaban J connectivity index is 1.79. The maximum atomic E-state index is 12.9. The average Bonchev–Trinajstić information content (AvgIpc) is 3.25. The Labute approximate surface area is 149 Å². The third-order valence-electron chi connectivity index (χ3n) is 4.75. The first-order valence-corrected chi connectivity index (χ1v) is 8.31. The zero-order valence-electron chi connectivity index (χ0n) is 14.4. The maximum absolute atomic E-state index is 12.9. The first-order chi connectivity index (χ1) is 12.3.